The Kier molecular flexibility index (Phi) is 3.45. The fourth-order valence-corrected chi connectivity index (χ4v) is 2.74. The Morgan fingerprint density at radius 3 is 2.85 bits per heavy atom. The first-order valence-corrected chi connectivity index (χ1v) is 7.14. The maximum atomic E-state index is 6.08. The van der Waals surface area contributed by atoms with Crippen molar-refractivity contribution in [3.05, 3.63) is 47.8 Å². The summed E-state index contributed by atoms with van der Waals surface area (Å²) in [5, 5.41) is 0. The molecule has 1 heterocycles. The van der Waals surface area contributed by atoms with Crippen LogP contribution in [0.25, 0.3) is 11.1 Å². The largest absolute Gasteiger partial charge is 0.489 e. The van der Waals surface area contributed by atoms with Crippen LogP contribution < -0.4 is 10.5 Å². The molecule has 1 aromatic carbocycles. The summed E-state index contributed by atoms with van der Waals surface area (Å²) >= 11 is 0. The Morgan fingerprint density at radius 2 is 2.05 bits per heavy atom. The molecule has 1 atom stereocenters. The van der Waals surface area contributed by atoms with Crippen molar-refractivity contribution in [2.45, 2.75) is 38.8 Å². The first-order chi connectivity index (χ1) is 9.63. The second-order valence-electron chi connectivity index (χ2n) is 5.63. The van der Waals surface area contributed by atoms with Crippen LogP contribution in [-0.4, -0.2) is 11.1 Å². The molecular weight excluding hydrogens is 248 g/mol. The summed E-state index contributed by atoms with van der Waals surface area (Å²) in [4.78, 5) is 4.27. The van der Waals surface area contributed by atoms with E-state index in [1.807, 2.05) is 26.1 Å². The first-order valence-electron chi connectivity index (χ1n) is 7.14. The van der Waals surface area contributed by atoms with Gasteiger partial charge < -0.3 is 10.5 Å². The fourth-order valence-electron chi connectivity index (χ4n) is 2.74. The Balaban J connectivity index is 1.93. The highest BCUT2D eigenvalue weighted by Crippen LogP contribution is 2.33. The van der Waals surface area contributed by atoms with Crippen LogP contribution in [0.3, 0.4) is 0 Å². The molecule has 3 rings (SSSR count). The molecule has 0 aliphatic heterocycles. The van der Waals surface area contributed by atoms with E-state index in [9.17, 15) is 0 Å². The van der Waals surface area contributed by atoms with E-state index in [0.29, 0.717) is 0 Å². The summed E-state index contributed by atoms with van der Waals surface area (Å²) in [6.07, 6.45) is 5.91. The number of aromatic nitrogens is 1. The molecule has 0 bridgehead atoms. The lowest BCUT2D eigenvalue weighted by molar-refractivity contribution is 0.241. The molecule has 3 heteroatoms. The standard InChI is InChI=1S/C17H20N2O/c1-11(2)20-15-8-14(9-19-10-15)12-3-5-16-13(7-12)4-6-17(16)18/h3,5,7-11,17H,4,6,18H2,1-2H3. The SMILES string of the molecule is CC(C)Oc1cncc(-c2ccc3c(c2)CCC3N)c1. The molecule has 20 heavy (non-hydrogen) atoms. The maximum Gasteiger partial charge on any atom is 0.138 e. The van der Waals surface area contributed by atoms with E-state index < -0.39 is 0 Å². The van der Waals surface area contributed by atoms with Gasteiger partial charge in [-0.15, -0.1) is 0 Å². The molecule has 1 aliphatic carbocycles. The fraction of sp³-hybridized carbons (Fsp3) is 0.353. The van der Waals surface area contributed by atoms with Crippen LogP contribution in [0.1, 0.15) is 37.4 Å². The molecule has 104 valence electrons. The second kappa shape index (κ2) is 5.25. The van der Waals surface area contributed by atoms with Crippen LogP contribution in [-0.2, 0) is 6.42 Å². The Morgan fingerprint density at radius 1 is 1.20 bits per heavy atom. The summed E-state index contributed by atoms with van der Waals surface area (Å²) in [6.45, 7) is 4.03. The summed E-state index contributed by atoms with van der Waals surface area (Å²) in [5.74, 6) is 0.815. The number of benzene rings is 1. The molecule has 0 saturated heterocycles. The van der Waals surface area contributed by atoms with Crippen molar-refractivity contribution in [1.82, 2.24) is 4.98 Å². The molecule has 2 aromatic rings. The average Bonchev–Trinajstić information content (AvgIpc) is 2.79. The number of nitrogens with two attached hydrogens (primary N) is 1. The van der Waals surface area contributed by atoms with E-state index in [2.05, 4.69) is 23.2 Å². The zero-order valence-electron chi connectivity index (χ0n) is 12.0. The Hall–Kier alpha value is -1.87. The normalized spacial score (nSPS) is 17.3. The van der Waals surface area contributed by atoms with E-state index in [-0.39, 0.29) is 12.1 Å². The topological polar surface area (TPSA) is 48.1 Å². The van der Waals surface area contributed by atoms with E-state index in [1.54, 1.807) is 6.20 Å². The minimum absolute atomic E-state index is 0.157. The van der Waals surface area contributed by atoms with Gasteiger partial charge in [-0.05, 0) is 49.4 Å². The van der Waals surface area contributed by atoms with Gasteiger partial charge in [0, 0.05) is 17.8 Å². The molecule has 0 spiro atoms. The van der Waals surface area contributed by atoms with Gasteiger partial charge in [-0.25, -0.2) is 0 Å². The van der Waals surface area contributed by atoms with Gasteiger partial charge in [-0.3, -0.25) is 4.98 Å². The number of hydrogen-bond donors (Lipinski definition) is 1. The van der Waals surface area contributed by atoms with Crippen molar-refractivity contribution in [2.75, 3.05) is 0 Å². The Bertz CT molecular complexity index is 622. The molecule has 0 saturated carbocycles. The van der Waals surface area contributed by atoms with Gasteiger partial charge in [0.1, 0.15) is 5.75 Å². The van der Waals surface area contributed by atoms with Crippen LogP contribution >= 0.6 is 0 Å². The number of pyridine rings is 1. The summed E-state index contributed by atoms with van der Waals surface area (Å²) in [7, 11) is 0. The van der Waals surface area contributed by atoms with Gasteiger partial charge >= 0.3 is 0 Å². The van der Waals surface area contributed by atoms with Crippen molar-refractivity contribution in [2.24, 2.45) is 5.73 Å². The third-order valence-electron chi connectivity index (χ3n) is 3.69. The van der Waals surface area contributed by atoms with Gasteiger partial charge in [0.15, 0.2) is 0 Å². The van der Waals surface area contributed by atoms with Crippen LogP contribution in [0.15, 0.2) is 36.7 Å². The summed E-state index contributed by atoms with van der Waals surface area (Å²) in [5.41, 5.74) is 11.0. The van der Waals surface area contributed by atoms with Crippen LogP contribution in [0.2, 0.25) is 0 Å². The smallest absolute Gasteiger partial charge is 0.138 e. The van der Waals surface area contributed by atoms with Crippen molar-refractivity contribution in [1.29, 1.82) is 0 Å². The van der Waals surface area contributed by atoms with Crippen molar-refractivity contribution >= 4 is 0 Å². The lowest BCUT2D eigenvalue weighted by Gasteiger charge is -2.11. The molecule has 0 radical (unpaired) electrons. The van der Waals surface area contributed by atoms with E-state index in [4.69, 9.17) is 10.5 Å². The molecule has 2 N–H and O–H groups in total. The van der Waals surface area contributed by atoms with Gasteiger partial charge in [-0.2, -0.15) is 0 Å². The van der Waals surface area contributed by atoms with Gasteiger partial charge in [0.25, 0.3) is 0 Å². The van der Waals surface area contributed by atoms with Crippen molar-refractivity contribution in [3.8, 4) is 16.9 Å². The monoisotopic (exact) mass is 268 g/mol. The lowest BCUT2D eigenvalue weighted by Crippen LogP contribution is -2.05. The third kappa shape index (κ3) is 2.54. The van der Waals surface area contributed by atoms with E-state index >= 15 is 0 Å². The first kappa shape index (κ1) is 13.1. The minimum Gasteiger partial charge on any atom is -0.489 e. The highest BCUT2D eigenvalue weighted by atomic mass is 16.5. The molecule has 3 nitrogen and oxygen atoms in total. The molecule has 0 fully saturated rings. The molecule has 0 amide bonds. The molecule has 1 unspecified atom stereocenters. The zero-order valence-corrected chi connectivity index (χ0v) is 12.0. The number of aryl methyl sites for hydroxylation is 1. The number of rotatable bonds is 3. The lowest BCUT2D eigenvalue weighted by atomic mass is 10.0. The quantitative estimate of drug-likeness (QED) is 0.927. The van der Waals surface area contributed by atoms with Crippen LogP contribution in [0.5, 0.6) is 5.75 Å². The summed E-state index contributed by atoms with van der Waals surface area (Å²) < 4.78 is 5.70. The van der Waals surface area contributed by atoms with Crippen LogP contribution in [0.4, 0.5) is 0 Å². The maximum absolute atomic E-state index is 6.08. The second-order valence-corrected chi connectivity index (χ2v) is 5.63. The number of fused-ring (bicyclic) bond motifs is 1. The predicted octanol–water partition coefficient (Wildman–Crippen LogP) is 3.48. The van der Waals surface area contributed by atoms with Crippen molar-refractivity contribution < 1.29 is 4.74 Å². The van der Waals surface area contributed by atoms with E-state index in [1.165, 1.54) is 16.7 Å². The molecule has 1 aliphatic rings. The van der Waals surface area contributed by atoms with Crippen LogP contribution in [0, 0.1) is 0 Å². The zero-order chi connectivity index (χ0) is 14.1. The highest BCUT2D eigenvalue weighted by Gasteiger charge is 2.19. The Labute approximate surface area is 119 Å². The number of hydrogen-bond acceptors (Lipinski definition) is 3. The third-order valence-corrected chi connectivity index (χ3v) is 3.69. The van der Waals surface area contributed by atoms with Gasteiger partial charge in [0.05, 0.1) is 12.3 Å². The average molecular weight is 268 g/mol. The number of ether oxygens (including phenoxy) is 1. The summed E-state index contributed by atoms with van der Waals surface area (Å²) in [6, 6.07) is 8.76. The van der Waals surface area contributed by atoms with Gasteiger partial charge in [-0.1, -0.05) is 18.2 Å². The highest BCUT2D eigenvalue weighted by molar-refractivity contribution is 5.66. The number of nitrogens with zero attached hydrogens (tertiary/aromatic N) is 1. The van der Waals surface area contributed by atoms with Gasteiger partial charge in [0.2, 0.25) is 0 Å². The minimum atomic E-state index is 0.157. The van der Waals surface area contributed by atoms with E-state index in [0.717, 1.165) is 24.2 Å². The molecule has 1 aromatic heterocycles. The predicted molar refractivity (Wildman–Crippen MR) is 80.7 cm³/mol. The van der Waals surface area contributed by atoms with Crippen molar-refractivity contribution in [3.63, 3.8) is 0 Å². The molecular formula is C17H20N2O.